The largest absolute Gasteiger partial charge is 0.492 e. The van der Waals surface area contributed by atoms with Crippen molar-refractivity contribution in [2.24, 2.45) is 0 Å². The second kappa shape index (κ2) is 8.20. The zero-order valence-corrected chi connectivity index (χ0v) is 14.2. The maximum Gasteiger partial charge on any atom is 0.258 e. The summed E-state index contributed by atoms with van der Waals surface area (Å²) in [5.41, 5.74) is 1.16. The minimum absolute atomic E-state index is 0.000957. The minimum Gasteiger partial charge on any atom is -0.492 e. The molecule has 1 N–H and O–H groups in total. The van der Waals surface area contributed by atoms with Crippen molar-refractivity contribution in [2.45, 2.75) is 6.92 Å². The summed E-state index contributed by atoms with van der Waals surface area (Å²) < 4.78 is 11.1. The van der Waals surface area contributed by atoms with Gasteiger partial charge in [0.15, 0.2) is 6.61 Å². The van der Waals surface area contributed by atoms with Gasteiger partial charge in [-0.15, -0.1) is 0 Å². The zero-order valence-electron chi connectivity index (χ0n) is 14.2. The summed E-state index contributed by atoms with van der Waals surface area (Å²) in [6.45, 7) is 2.85. The van der Waals surface area contributed by atoms with Crippen LogP contribution in [0.4, 0.5) is 0 Å². The Hall–Kier alpha value is -3.01. The van der Waals surface area contributed by atoms with E-state index in [0.29, 0.717) is 18.9 Å². The molecule has 4 nitrogen and oxygen atoms in total. The first kappa shape index (κ1) is 16.8. The second-order valence-corrected chi connectivity index (χ2v) is 5.81. The molecule has 0 aliphatic carbocycles. The number of benzene rings is 3. The third kappa shape index (κ3) is 4.98. The van der Waals surface area contributed by atoms with Crippen LogP contribution in [0.2, 0.25) is 0 Å². The van der Waals surface area contributed by atoms with E-state index in [1.165, 1.54) is 5.39 Å². The highest BCUT2D eigenvalue weighted by atomic mass is 16.5. The van der Waals surface area contributed by atoms with Crippen molar-refractivity contribution in [3.05, 3.63) is 72.3 Å². The van der Waals surface area contributed by atoms with Gasteiger partial charge in [0, 0.05) is 0 Å². The molecule has 0 aliphatic rings. The van der Waals surface area contributed by atoms with Crippen molar-refractivity contribution >= 4 is 16.7 Å². The molecule has 128 valence electrons. The minimum atomic E-state index is -0.164. The Morgan fingerprint density at radius 1 is 0.880 bits per heavy atom. The van der Waals surface area contributed by atoms with E-state index in [9.17, 15) is 4.79 Å². The lowest BCUT2D eigenvalue weighted by Gasteiger charge is -2.09. The van der Waals surface area contributed by atoms with E-state index in [-0.39, 0.29) is 12.5 Å². The van der Waals surface area contributed by atoms with Crippen LogP contribution in [0.1, 0.15) is 5.56 Å². The Kier molecular flexibility index (Phi) is 5.52. The van der Waals surface area contributed by atoms with E-state index in [1.54, 1.807) is 0 Å². The van der Waals surface area contributed by atoms with Crippen molar-refractivity contribution in [1.29, 1.82) is 0 Å². The predicted octanol–water partition coefficient (Wildman–Crippen LogP) is 3.72. The zero-order chi connectivity index (χ0) is 17.5. The first-order valence-electron chi connectivity index (χ1n) is 8.28. The molecule has 3 aromatic carbocycles. The van der Waals surface area contributed by atoms with Crippen molar-refractivity contribution in [3.8, 4) is 11.5 Å². The topological polar surface area (TPSA) is 47.6 Å². The van der Waals surface area contributed by atoms with Gasteiger partial charge in [0.25, 0.3) is 5.91 Å². The number of rotatable bonds is 7. The number of ether oxygens (including phenoxy) is 2. The highest BCUT2D eigenvalue weighted by Crippen LogP contribution is 2.20. The van der Waals surface area contributed by atoms with Crippen LogP contribution in [0.3, 0.4) is 0 Å². The van der Waals surface area contributed by atoms with Crippen LogP contribution in [-0.4, -0.2) is 25.7 Å². The number of fused-ring (bicyclic) bond motifs is 1. The molecule has 0 spiro atoms. The molecular weight excluding hydrogens is 314 g/mol. The summed E-state index contributed by atoms with van der Waals surface area (Å²) in [6.07, 6.45) is 0. The van der Waals surface area contributed by atoms with Gasteiger partial charge in [-0.3, -0.25) is 4.79 Å². The predicted molar refractivity (Wildman–Crippen MR) is 99.1 cm³/mol. The molecule has 0 heterocycles. The third-order valence-electron chi connectivity index (χ3n) is 3.80. The number of carbonyl (C=O) groups is 1. The number of aryl methyl sites for hydroxylation is 1. The average Bonchev–Trinajstić information content (AvgIpc) is 2.64. The molecule has 4 heteroatoms. The number of hydrogen-bond acceptors (Lipinski definition) is 3. The molecule has 0 unspecified atom stereocenters. The summed E-state index contributed by atoms with van der Waals surface area (Å²) in [5.74, 6) is 1.32. The number of hydrogen-bond donors (Lipinski definition) is 1. The van der Waals surface area contributed by atoms with E-state index >= 15 is 0 Å². The Morgan fingerprint density at radius 2 is 1.60 bits per heavy atom. The summed E-state index contributed by atoms with van der Waals surface area (Å²) >= 11 is 0. The molecule has 1 amide bonds. The maximum atomic E-state index is 11.8. The highest BCUT2D eigenvalue weighted by molar-refractivity contribution is 5.83. The fourth-order valence-corrected chi connectivity index (χ4v) is 2.45. The van der Waals surface area contributed by atoms with E-state index in [2.05, 4.69) is 11.4 Å². The van der Waals surface area contributed by atoms with Crippen LogP contribution < -0.4 is 14.8 Å². The van der Waals surface area contributed by atoms with Crippen molar-refractivity contribution in [1.82, 2.24) is 5.32 Å². The van der Waals surface area contributed by atoms with E-state index in [4.69, 9.17) is 9.47 Å². The molecule has 0 bridgehead atoms. The molecule has 0 aromatic heterocycles. The molecule has 3 aromatic rings. The van der Waals surface area contributed by atoms with Crippen LogP contribution in [0.25, 0.3) is 10.8 Å². The lowest BCUT2D eigenvalue weighted by Crippen LogP contribution is -2.32. The summed E-state index contributed by atoms with van der Waals surface area (Å²) in [7, 11) is 0. The normalized spacial score (nSPS) is 10.4. The standard InChI is InChI=1S/C21H21NO3/c1-16-6-9-19(10-7-16)25-15-21(23)22-12-13-24-20-11-8-17-4-2-3-5-18(17)14-20/h2-11,14H,12-13,15H2,1H3,(H,22,23). The lowest BCUT2D eigenvalue weighted by molar-refractivity contribution is -0.123. The van der Waals surface area contributed by atoms with Gasteiger partial charge in [0.05, 0.1) is 6.54 Å². The second-order valence-electron chi connectivity index (χ2n) is 5.81. The smallest absolute Gasteiger partial charge is 0.258 e. The van der Waals surface area contributed by atoms with Crippen LogP contribution in [0.15, 0.2) is 66.7 Å². The van der Waals surface area contributed by atoms with Gasteiger partial charge in [0.1, 0.15) is 18.1 Å². The molecule has 0 aliphatic heterocycles. The average molecular weight is 335 g/mol. The molecule has 0 fully saturated rings. The SMILES string of the molecule is Cc1ccc(OCC(=O)NCCOc2ccc3ccccc3c2)cc1. The van der Waals surface area contributed by atoms with Crippen LogP contribution in [0.5, 0.6) is 11.5 Å². The Bertz CT molecular complexity index is 843. The van der Waals surface area contributed by atoms with Gasteiger partial charge in [-0.1, -0.05) is 48.0 Å². The Morgan fingerprint density at radius 3 is 2.40 bits per heavy atom. The van der Waals surface area contributed by atoms with Crippen LogP contribution >= 0.6 is 0 Å². The van der Waals surface area contributed by atoms with Gasteiger partial charge in [-0.2, -0.15) is 0 Å². The van der Waals surface area contributed by atoms with E-state index in [0.717, 1.165) is 16.7 Å². The summed E-state index contributed by atoms with van der Waals surface area (Å²) in [4.78, 5) is 11.8. The van der Waals surface area contributed by atoms with Gasteiger partial charge in [0.2, 0.25) is 0 Å². The first-order valence-corrected chi connectivity index (χ1v) is 8.28. The summed E-state index contributed by atoms with van der Waals surface area (Å²) in [6, 6.07) is 21.7. The molecule has 3 rings (SSSR count). The van der Waals surface area contributed by atoms with Crippen LogP contribution in [0, 0.1) is 6.92 Å². The van der Waals surface area contributed by atoms with Gasteiger partial charge < -0.3 is 14.8 Å². The Labute approximate surface area is 147 Å². The maximum absolute atomic E-state index is 11.8. The van der Waals surface area contributed by atoms with Crippen LogP contribution in [-0.2, 0) is 4.79 Å². The molecule has 0 atom stereocenters. The molecule has 0 radical (unpaired) electrons. The van der Waals surface area contributed by atoms with Gasteiger partial charge in [-0.05, 0) is 42.0 Å². The first-order chi connectivity index (χ1) is 12.2. The lowest BCUT2D eigenvalue weighted by atomic mass is 10.1. The fourth-order valence-electron chi connectivity index (χ4n) is 2.45. The van der Waals surface area contributed by atoms with Gasteiger partial charge >= 0.3 is 0 Å². The molecule has 0 saturated carbocycles. The quantitative estimate of drug-likeness (QED) is 0.669. The number of amides is 1. The highest BCUT2D eigenvalue weighted by Gasteiger charge is 2.03. The molecule has 25 heavy (non-hydrogen) atoms. The fraction of sp³-hybridized carbons (Fsp3) is 0.190. The third-order valence-corrected chi connectivity index (χ3v) is 3.80. The molecule has 0 saturated heterocycles. The van der Waals surface area contributed by atoms with Gasteiger partial charge in [-0.25, -0.2) is 0 Å². The monoisotopic (exact) mass is 335 g/mol. The Balaban J connectivity index is 1.38. The van der Waals surface area contributed by atoms with Crippen molar-refractivity contribution in [3.63, 3.8) is 0 Å². The van der Waals surface area contributed by atoms with E-state index in [1.807, 2.05) is 67.6 Å². The molecular formula is C21H21NO3. The number of carbonyl (C=O) groups excluding carboxylic acids is 1. The summed E-state index contributed by atoms with van der Waals surface area (Å²) in [5, 5.41) is 5.09. The van der Waals surface area contributed by atoms with Crippen molar-refractivity contribution < 1.29 is 14.3 Å². The number of nitrogens with one attached hydrogen (secondary N) is 1. The van der Waals surface area contributed by atoms with E-state index < -0.39 is 0 Å². The van der Waals surface area contributed by atoms with Crippen molar-refractivity contribution in [2.75, 3.05) is 19.8 Å².